The van der Waals surface area contributed by atoms with Crippen molar-refractivity contribution in [1.29, 1.82) is 0 Å². The summed E-state index contributed by atoms with van der Waals surface area (Å²) in [6, 6.07) is 13.5. The minimum Gasteiger partial charge on any atom is -0.489 e. The van der Waals surface area contributed by atoms with Crippen LogP contribution in [-0.2, 0) is 19.6 Å². The number of benzene rings is 2. The molecule has 2 aromatic carbocycles. The summed E-state index contributed by atoms with van der Waals surface area (Å²) in [5.41, 5.74) is 9.16. The molecule has 0 fully saturated rings. The molecule has 0 bridgehead atoms. The minimum absolute atomic E-state index is 0.0144. The van der Waals surface area contributed by atoms with Crippen LogP contribution in [-0.4, -0.2) is 23.2 Å². The second-order valence-electron chi connectivity index (χ2n) is 7.51. The lowest BCUT2D eigenvalue weighted by Gasteiger charge is -2.34. The highest BCUT2D eigenvalue weighted by Gasteiger charge is 2.30. The zero-order valence-corrected chi connectivity index (χ0v) is 16.4. The monoisotopic (exact) mass is 383 g/mol. The first-order valence-corrected chi connectivity index (χ1v) is 9.74. The van der Waals surface area contributed by atoms with Crippen LogP contribution in [0.15, 0.2) is 42.5 Å². The maximum Gasteiger partial charge on any atom is 0.312 e. The van der Waals surface area contributed by atoms with Crippen molar-refractivity contribution in [2.24, 2.45) is 5.73 Å². The number of urea groups is 1. The standard InChI is InChI=1S/C22H29N3O3/c1-14(2)25-19-10-8-16-17(21(19)26)9-11-20(18(16)12-24-22(23)27)28-13-15-6-4-3-5-7-15/h3-7,9,11,14,19,21,25-26H,8,10,12-13H2,1-2H3,(H3,23,24,27)/t19-,21-/m1/s1. The number of fused-ring (bicyclic) bond motifs is 1. The van der Waals surface area contributed by atoms with Crippen molar-refractivity contribution in [2.45, 2.75) is 58.0 Å². The Kier molecular flexibility index (Phi) is 6.54. The zero-order valence-electron chi connectivity index (χ0n) is 16.4. The van der Waals surface area contributed by atoms with E-state index in [1.54, 1.807) is 0 Å². The molecule has 0 aromatic heterocycles. The fourth-order valence-corrected chi connectivity index (χ4v) is 3.78. The fraction of sp³-hybridized carbons (Fsp3) is 0.409. The number of aliphatic hydroxyl groups excluding tert-OH is 1. The first-order valence-electron chi connectivity index (χ1n) is 9.74. The number of carbonyl (C=O) groups excluding carboxylic acids is 1. The van der Waals surface area contributed by atoms with Crippen LogP contribution >= 0.6 is 0 Å². The zero-order chi connectivity index (χ0) is 20.1. The van der Waals surface area contributed by atoms with Gasteiger partial charge in [-0.05, 0) is 35.6 Å². The van der Waals surface area contributed by atoms with Crippen LogP contribution < -0.4 is 21.1 Å². The Labute approximate surface area is 166 Å². The lowest BCUT2D eigenvalue weighted by Crippen LogP contribution is -2.42. The quantitative estimate of drug-likeness (QED) is 0.591. The first kappa shape index (κ1) is 20.2. The number of rotatable bonds is 7. The summed E-state index contributed by atoms with van der Waals surface area (Å²) in [5, 5.41) is 17.0. The number of carbonyl (C=O) groups is 1. The maximum atomic E-state index is 11.3. The Morgan fingerprint density at radius 3 is 2.68 bits per heavy atom. The van der Waals surface area contributed by atoms with Crippen molar-refractivity contribution in [1.82, 2.24) is 10.6 Å². The Morgan fingerprint density at radius 1 is 1.25 bits per heavy atom. The largest absolute Gasteiger partial charge is 0.489 e. The van der Waals surface area contributed by atoms with E-state index in [4.69, 9.17) is 10.5 Å². The van der Waals surface area contributed by atoms with E-state index in [9.17, 15) is 9.90 Å². The van der Waals surface area contributed by atoms with Gasteiger partial charge >= 0.3 is 6.03 Å². The molecule has 0 saturated carbocycles. The molecule has 28 heavy (non-hydrogen) atoms. The van der Waals surface area contributed by atoms with Gasteiger partial charge in [0.25, 0.3) is 0 Å². The average molecular weight is 383 g/mol. The van der Waals surface area contributed by atoms with E-state index in [0.717, 1.165) is 35.1 Å². The molecular weight excluding hydrogens is 354 g/mol. The van der Waals surface area contributed by atoms with E-state index < -0.39 is 12.1 Å². The molecule has 0 saturated heterocycles. The molecule has 6 heteroatoms. The second kappa shape index (κ2) is 9.08. The summed E-state index contributed by atoms with van der Waals surface area (Å²) in [7, 11) is 0. The number of nitrogens with one attached hydrogen (secondary N) is 2. The van der Waals surface area contributed by atoms with Crippen molar-refractivity contribution in [3.05, 3.63) is 64.7 Å². The smallest absolute Gasteiger partial charge is 0.312 e. The topological polar surface area (TPSA) is 96.6 Å². The van der Waals surface area contributed by atoms with Gasteiger partial charge in [0.15, 0.2) is 0 Å². The van der Waals surface area contributed by atoms with E-state index in [2.05, 4.69) is 24.5 Å². The Bertz CT molecular complexity index is 808. The molecule has 0 spiro atoms. The van der Waals surface area contributed by atoms with Crippen molar-refractivity contribution in [3.63, 3.8) is 0 Å². The molecule has 0 radical (unpaired) electrons. The van der Waals surface area contributed by atoms with E-state index in [-0.39, 0.29) is 12.6 Å². The summed E-state index contributed by atoms with van der Waals surface area (Å²) in [5.74, 6) is 0.707. The Hall–Kier alpha value is -2.57. The molecule has 2 amide bonds. The number of hydrogen-bond acceptors (Lipinski definition) is 4. The van der Waals surface area contributed by atoms with Gasteiger partial charge in [0, 0.05) is 24.2 Å². The average Bonchev–Trinajstić information content (AvgIpc) is 2.67. The van der Waals surface area contributed by atoms with Crippen molar-refractivity contribution < 1.29 is 14.6 Å². The van der Waals surface area contributed by atoms with Crippen LogP contribution in [0.1, 0.15) is 48.6 Å². The SMILES string of the molecule is CC(C)N[C@@H]1CCc2c(ccc(OCc3ccccc3)c2CNC(N)=O)[C@H]1O. The number of hydrogen-bond donors (Lipinski definition) is 4. The molecule has 1 aliphatic rings. The van der Waals surface area contributed by atoms with E-state index in [0.29, 0.717) is 18.4 Å². The van der Waals surface area contributed by atoms with E-state index in [1.807, 2.05) is 42.5 Å². The third-order valence-electron chi connectivity index (χ3n) is 5.05. The van der Waals surface area contributed by atoms with Crippen molar-refractivity contribution in [2.75, 3.05) is 0 Å². The highest BCUT2D eigenvalue weighted by atomic mass is 16.5. The van der Waals surface area contributed by atoms with Crippen LogP contribution in [0.25, 0.3) is 0 Å². The summed E-state index contributed by atoms with van der Waals surface area (Å²) in [4.78, 5) is 11.3. The number of nitrogens with two attached hydrogens (primary N) is 1. The molecule has 1 aliphatic carbocycles. The van der Waals surface area contributed by atoms with Crippen molar-refractivity contribution in [3.8, 4) is 5.75 Å². The number of amides is 2. The normalized spacial score (nSPS) is 18.6. The van der Waals surface area contributed by atoms with Gasteiger partial charge in [-0.25, -0.2) is 4.79 Å². The van der Waals surface area contributed by atoms with Gasteiger partial charge in [0.1, 0.15) is 12.4 Å². The van der Waals surface area contributed by atoms with Crippen LogP contribution in [0, 0.1) is 0 Å². The highest BCUT2D eigenvalue weighted by molar-refractivity contribution is 5.71. The first-order chi connectivity index (χ1) is 13.5. The molecule has 150 valence electrons. The van der Waals surface area contributed by atoms with Crippen LogP contribution in [0.4, 0.5) is 4.79 Å². The second-order valence-corrected chi connectivity index (χ2v) is 7.51. The van der Waals surface area contributed by atoms with Gasteiger partial charge in [-0.15, -0.1) is 0 Å². The fourth-order valence-electron chi connectivity index (χ4n) is 3.78. The van der Waals surface area contributed by atoms with Crippen LogP contribution in [0.3, 0.4) is 0 Å². The number of ether oxygens (including phenoxy) is 1. The maximum absolute atomic E-state index is 11.3. The van der Waals surface area contributed by atoms with E-state index in [1.165, 1.54) is 0 Å². The lowest BCUT2D eigenvalue weighted by molar-refractivity contribution is 0.110. The summed E-state index contributed by atoms with van der Waals surface area (Å²) >= 11 is 0. The highest BCUT2D eigenvalue weighted by Crippen LogP contribution is 2.36. The molecule has 2 atom stereocenters. The molecule has 0 unspecified atom stereocenters. The summed E-state index contributed by atoms with van der Waals surface area (Å²) in [6.45, 7) is 4.86. The predicted octanol–water partition coefficient (Wildman–Crippen LogP) is 2.78. The van der Waals surface area contributed by atoms with Crippen molar-refractivity contribution >= 4 is 6.03 Å². The van der Waals surface area contributed by atoms with Gasteiger partial charge in [-0.3, -0.25) is 0 Å². The minimum atomic E-state index is -0.596. The molecule has 6 nitrogen and oxygen atoms in total. The van der Waals surface area contributed by atoms with Gasteiger partial charge in [0.05, 0.1) is 6.10 Å². The van der Waals surface area contributed by atoms with E-state index >= 15 is 0 Å². The molecule has 3 rings (SSSR count). The molecule has 5 N–H and O–H groups in total. The Balaban J connectivity index is 1.87. The summed E-state index contributed by atoms with van der Waals surface area (Å²) < 4.78 is 6.06. The lowest BCUT2D eigenvalue weighted by atomic mass is 9.82. The predicted molar refractivity (Wildman–Crippen MR) is 109 cm³/mol. The number of aliphatic hydroxyl groups is 1. The third kappa shape index (κ3) is 4.82. The van der Waals surface area contributed by atoms with Gasteiger partial charge in [0.2, 0.25) is 0 Å². The van der Waals surface area contributed by atoms with Crippen LogP contribution in [0.5, 0.6) is 5.75 Å². The summed E-state index contributed by atoms with van der Waals surface area (Å²) in [6.07, 6.45) is 1.02. The van der Waals surface area contributed by atoms with Gasteiger partial charge in [-0.2, -0.15) is 0 Å². The van der Waals surface area contributed by atoms with Gasteiger partial charge < -0.3 is 26.2 Å². The van der Waals surface area contributed by atoms with Crippen LogP contribution in [0.2, 0.25) is 0 Å². The van der Waals surface area contributed by atoms with Gasteiger partial charge in [-0.1, -0.05) is 50.2 Å². The molecule has 2 aromatic rings. The molecule has 0 heterocycles. The third-order valence-corrected chi connectivity index (χ3v) is 5.05. The number of primary amides is 1. The Morgan fingerprint density at radius 2 is 2.00 bits per heavy atom. The molecular formula is C22H29N3O3. The molecule has 0 aliphatic heterocycles.